The molecule has 0 N–H and O–H groups in total. The molecule has 1 fully saturated rings. The first kappa shape index (κ1) is 13.5. The average Bonchev–Trinajstić information content (AvgIpc) is 2.61. The van der Waals surface area contributed by atoms with E-state index in [2.05, 4.69) is 42.5 Å². The Bertz CT molecular complexity index is 474. The third kappa shape index (κ3) is 3.15. The fourth-order valence-electron chi connectivity index (χ4n) is 3.39. The molecule has 0 saturated heterocycles. The fraction of sp³-hybridized carbons (Fsp3) is 0.474. The van der Waals surface area contributed by atoms with E-state index in [0.717, 1.165) is 5.76 Å². The van der Waals surface area contributed by atoms with E-state index in [9.17, 15) is 0 Å². The smallest absolute Gasteiger partial charge is 0.130 e. The molecule has 0 atom stereocenters. The Balaban J connectivity index is 1.85. The molecule has 1 aliphatic carbocycles. The lowest BCUT2D eigenvalue weighted by molar-refractivity contribution is 0.337. The topological polar surface area (TPSA) is 9.23 Å². The summed E-state index contributed by atoms with van der Waals surface area (Å²) in [7, 11) is 0. The molecule has 1 spiro atoms. The Morgan fingerprint density at radius 2 is 1.45 bits per heavy atom. The second kappa shape index (κ2) is 6.30. The molecule has 1 saturated carbocycles. The van der Waals surface area contributed by atoms with Crippen LogP contribution in [0.5, 0.6) is 0 Å². The number of hydrogen-bond donors (Lipinski definition) is 0. The Morgan fingerprint density at radius 1 is 0.800 bits per heavy atom. The summed E-state index contributed by atoms with van der Waals surface area (Å²) >= 11 is 0. The molecule has 1 nitrogen and oxygen atoms in total. The minimum Gasteiger partial charge on any atom is -0.465 e. The van der Waals surface area contributed by atoms with Gasteiger partial charge in [-0.1, -0.05) is 68.9 Å². The SMILES string of the molecule is C1=CC2(C=C(c3ccccc3)O1)CCCCCCCC2. The Labute approximate surface area is 122 Å². The van der Waals surface area contributed by atoms with Crippen molar-refractivity contribution in [1.29, 1.82) is 0 Å². The van der Waals surface area contributed by atoms with Gasteiger partial charge in [0.15, 0.2) is 0 Å². The fourth-order valence-corrected chi connectivity index (χ4v) is 3.39. The van der Waals surface area contributed by atoms with Crippen LogP contribution in [-0.4, -0.2) is 0 Å². The number of allylic oxidation sites excluding steroid dienone is 2. The van der Waals surface area contributed by atoms with Gasteiger partial charge in [-0.25, -0.2) is 0 Å². The summed E-state index contributed by atoms with van der Waals surface area (Å²) in [6, 6.07) is 10.5. The van der Waals surface area contributed by atoms with E-state index < -0.39 is 0 Å². The zero-order valence-corrected chi connectivity index (χ0v) is 12.2. The van der Waals surface area contributed by atoms with E-state index in [1.165, 1.54) is 56.9 Å². The molecule has 106 valence electrons. The van der Waals surface area contributed by atoms with Crippen molar-refractivity contribution in [1.82, 2.24) is 0 Å². The van der Waals surface area contributed by atoms with Crippen molar-refractivity contribution in [2.45, 2.75) is 51.4 Å². The standard InChI is InChI=1S/C19H24O/c1-2-4-9-13-19(12-8-3-1)14-15-20-18(16-19)17-10-6-5-7-11-17/h5-7,10-11,14-16H,1-4,8-9,12-13H2. The van der Waals surface area contributed by atoms with Gasteiger partial charge >= 0.3 is 0 Å². The van der Waals surface area contributed by atoms with Gasteiger partial charge in [0.1, 0.15) is 5.76 Å². The van der Waals surface area contributed by atoms with Crippen LogP contribution in [0.15, 0.2) is 48.7 Å². The zero-order chi connectivity index (χ0) is 13.7. The van der Waals surface area contributed by atoms with E-state index in [1.54, 1.807) is 0 Å². The maximum absolute atomic E-state index is 5.78. The van der Waals surface area contributed by atoms with Gasteiger partial charge in [0.2, 0.25) is 0 Å². The molecular formula is C19H24O. The maximum Gasteiger partial charge on any atom is 0.130 e. The molecule has 0 radical (unpaired) electrons. The van der Waals surface area contributed by atoms with Crippen molar-refractivity contribution in [3.05, 3.63) is 54.3 Å². The molecule has 1 aromatic carbocycles. The number of rotatable bonds is 1. The van der Waals surface area contributed by atoms with Crippen molar-refractivity contribution < 1.29 is 4.74 Å². The van der Waals surface area contributed by atoms with Crippen LogP contribution in [-0.2, 0) is 4.74 Å². The quantitative estimate of drug-likeness (QED) is 0.635. The Hall–Kier alpha value is -1.50. The first-order valence-corrected chi connectivity index (χ1v) is 8.01. The zero-order valence-electron chi connectivity index (χ0n) is 12.2. The van der Waals surface area contributed by atoms with Crippen LogP contribution in [0.25, 0.3) is 5.76 Å². The highest BCUT2D eigenvalue weighted by molar-refractivity contribution is 5.62. The van der Waals surface area contributed by atoms with Gasteiger partial charge < -0.3 is 4.74 Å². The second-order valence-corrected chi connectivity index (χ2v) is 6.15. The van der Waals surface area contributed by atoms with Crippen LogP contribution in [0.1, 0.15) is 56.9 Å². The van der Waals surface area contributed by atoms with Crippen molar-refractivity contribution in [2.75, 3.05) is 0 Å². The maximum atomic E-state index is 5.78. The predicted molar refractivity (Wildman–Crippen MR) is 84.0 cm³/mol. The summed E-state index contributed by atoms with van der Waals surface area (Å²) in [6.45, 7) is 0. The summed E-state index contributed by atoms with van der Waals surface area (Å²) in [5.41, 5.74) is 1.42. The van der Waals surface area contributed by atoms with Crippen LogP contribution in [0.2, 0.25) is 0 Å². The van der Waals surface area contributed by atoms with Crippen molar-refractivity contribution in [2.24, 2.45) is 5.41 Å². The summed E-state index contributed by atoms with van der Waals surface area (Å²) in [5.74, 6) is 1.03. The highest BCUT2D eigenvalue weighted by Gasteiger charge is 2.28. The highest BCUT2D eigenvalue weighted by atomic mass is 16.5. The number of benzene rings is 1. The Kier molecular flexibility index (Phi) is 4.25. The van der Waals surface area contributed by atoms with Crippen LogP contribution < -0.4 is 0 Å². The van der Waals surface area contributed by atoms with Crippen LogP contribution in [0, 0.1) is 5.41 Å². The minimum absolute atomic E-state index is 0.230. The van der Waals surface area contributed by atoms with Crippen LogP contribution in [0.3, 0.4) is 0 Å². The van der Waals surface area contributed by atoms with Gasteiger partial charge in [-0.2, -0.15) is 0 Å². The molecule has 1 aliphatic heterocycles. The van der Waals surface area contributed by atoms with Gasteiger partial charge in [0.05, 0.1) is 6.26 Å². The van der Waals surface area contributed by atoms with Crippen molar-refractivity contribution >= 4 is 5.76 Å². The lowest BCUT2D eigenvalue weighted by Gasteiger charge is -2.31. The van der Waals surface area contributed by atoms with Gasteiger partial charge in [0, 0.05) is 11.0 Å². The lowest BCUT2D eigenvalue weighted by Crippen LogP contribution is -2.18. The average molecular weight is 268 g/mol. The van der Waals surface area contributed by atoms with Gasteiger partial charge in [-0.3, -0.25) is 0 Å². The van der Waals surface area contributed by atoms with Crippen molar-refractivity contribution in [3.63, 3.8) is 0 Å². The molecule has 1 heteroatoms. The third-order valence-electron chi connectivity index (χ3n) is 4.61. The monoisotopic (exact) mass is 268 g/mol. The third-order valence-corrected chi connectivity index (χ3v) is 4.61. The number of hydrogen-bond acceptors (Lipinski definition) is 1. The van der Waals surface area contributed by atoms with Crippen molar-refractivity contribution in [3.8, 4) is 0 Å². The number of ether oxygens (including phenoxy) is 1. The summed E-state index contributed by atoms with van der Waals surface area (Å²) in [4.78, 5) is 0. The minimum atomic E-state index is 0.230. The molecule has 0 aromatic heterocycles. The van der Waals surface area contributed by atoms with Gasteiger partial charge in [-0.15, -0.1) is 0 Å². The highest BCUT2D eigenvalue weighted by Crippen LogP contribution is 2.41. The van der Waals surface area contributed by atoms with E-state index in [4.69, 9.17) is 4.74 Å². The lowest BCUT2D eigenvalue weighted by atomic mass is 9.77. The van der Waals surface area contributed by atoms with Gasteiger partial charge in [0.25, 0.3) is 0 Å². The molecule has 1 aromatic rings. The van der Waals surface area contributed by atoms with E-state index in [-0.39, 0.29) is 5.41 Å². The molecule has 20 heavy (non-hydrogen) atoms. The second-order valence-electron chi connectivity index (χ2n) is 6.15. The summed E-state index contributed by atoms with van der Waals surface area (Å²) < 4.78 is 5.78. The predicted octanol–water partition coefficient (Wildman–Crippen LogP) is 5.69. The van der Waals surface area contributed by atoms with E-state index in [1.807, 2.05) is 6.26 Å². The first-order chi connectivity index (χ1) is 9.88. The van der Waals surface area contributed by atoms with E-state index in [0.29, 0.717) is 0 Å². The molecule has 3 rings (SSSR count). The summed E-state index contributed by atoms with van der Waals surface area (Å²) in [6.07, 6.45) is 17.4. The Morgan fingerprint density at radius 3 is 2.15 bits per heavy atom. The molecular weight excluding hydrogens is 244 g/mol. The molecule has 2 aliphatic rings. The molecule has 0 amide bonds. The molecule has 1 heterocycles. The molecule has 0 unspecified atom stereocenters. The van der Waals surface area contributed by atoms with Crippen LogP contribution >= 0.6 is 0 Å². The van der Waals surface area contributed by atoms with Gasteiger partial charge in [-0.05, 0) is 25.0 Å². The first-order valence-electron chi connectivity index (χ1n) is 8.01. The largest absolute Gasteiger partial charge is 0.465 e. The van der Waals surface area contributed by atoms with Crippen LogP contribution in [0.4, 0.5) is 0 Å². The molecule has 0 bridgehead atoms. The van der Waals surface area contributed by atoms with E-state index >= 15 is 0 Å². The normalized spacial score (nSPS) is 22.3. The summed E-state index contributed by atoms with van der Waals surface area (Å²) in [5, 5.41) is 0.